The van der Waals surface area contributed by atoms with Crippen LogP contribution in [0.25, 0.3) is 0 Å². The van der Waals surface area contributed by atoms with Gasteiger partial charge in [0.05, 0.1) is 0 Å². The Labute approximate surface area is 194 Å². The second kappa shape index (κ2) is 10.8. The first-order valence-corrected chi connectivity index (χ1v) is 10.6. The summed E-state index contributed by atoms with van der Waals surface area (Å²) in [7, 11) is 0. The Balaban J connectivity index is 2.19. The molecule has 0 spiro atoms. The smallest absolute Gasteiger partial charge is 0.412 e. The van der Waals surface area contributed by atoms with Crippen LogP contribution in [0.15, 0.2) is 36.4 Å². The van der Waals surface area contributed by atoms with E-state index in [-0.39, 0.29) is 0 Å². The van der Waals surface area contributed by atoms with Crippen molar-refractivity contribution in [1.82, 2.24) is 0 Å². The van der Waals surface area contributed by atoms with Crippen molar-refractivity contribution in [3.05, 3.63) is 58.7 Å². The highest BCUT2D eigenvalue weighted by Crippen LogP contribution is 2.31. The van der Waals surface area contributed by atoms with E-state index in [2.05, 4.69) is 10.6 Å². The summed E-state index contributed by atoms with van der Waals surface area (Å²) in [5.41, 5.74) is 4.01. The van der Waals surface area contributed by atoms with Crippen molar-refractivity contribution in [2.75, 3.05) is 10.6 Å². The fourth-order valence-corrected chi connectivity index (χ4v) is 3.24. The molecule has 0 aliphatic rings. The van der Waals surface area contributed by atoms with Gasteiger partial charge in [-0.05, 0) is 69.5 Å². The van der Waals surface area contributed by atoms with Crippen LogP contribution < -0.4 is 10.6 Å². The molecule has 0 fully saturated rings. The maximum absolute atomic E-state index is 12.0. The topological polar surface area (TPSA) is 103 Å². The predicted octanol–water partition coefficient (Wildman–Crippen LogP) is 5.39. The van der Waals surface area contributed by atoms with E-state index in [0.29, 0.717) is 17.8 Å². The molecule has 0 atom stereocenters. The van der Waals surface area contributed by atoms with E-state index < -0.39 is 29.9 Å². The molecule has 0 aliphatic carbocycles. The van der Waals surface area contributed by atoms with Crippen LogP contribution >= 0.6 is 0 Å². The lowest BCUT2D eigenvalue weighted by Crippen LogP contribution is -2.27. The molecule has 0 bridgehead atoms. The van der Waals surface area contributed by atoms with Gasteiger partial charge < -0.3 is 19.5 Å². The quantitative estimate of drug-likeness (QED) is 0.425. The number of aryl methyl sites for hydroxylation is 1. The fraction of sp³-hybridized carbons (Fsp3) is 0.400. The second-order valence-electron chi connectivity index (χ2n) is 8.70. The van der Waals surface area contributed by atoms with Gasteiger partial charge in [0.1, 0.15) is 5.60 Å². The summed E-state index contributed by atoms with van der Waals surface area (Å²) in [6.45, 7) is 12.1. The minimum absolute atomic E-state index is 0.471. The van der Waals surface area contributed by atoms with Crippen molar-refractivity contribution >= 4 is 29.4 Å². The van der Waals surface area contributed by atoms with Crippen LogP contribution in [0.5, 0.6) is 0 Å². The standard InChI is InChI=1S/C25H32N2O6/c1-15-11-12-21(16(2)22(15)23(31-17(3)28)32-18(4)29)26-14-19-9-8-10-20(13-19)27-24(30)33-25(5,6)7/h8-13,23,26H,14H2,1-7H3,(H,27,30). The van der Waals surface area contributed by atoms with Gasteiger partial charge in [-0.3, -0.25) is 14.9 Å². The summed E-state index contributed by atoms with van der Waals surface area (Å²) < 4.78 is 15.8. The Hall–Kier alpha value is -3.55. The normalized spacial score (nSPS) is 11.0. The molecule has 0 aliphatic heterocycles. The molecule has 2 aromatic carbocycles. The summed E-state index contributed by atoms with van der Waals surface area (Å²) >= 11 is 0. The first kappa shape index (κ1) is 25.7. The maximum atomic E-state index is 12.0. The molecule has 0 radical (unpaired) electrons. The number of ether oxygens (including phenoxy) is 3. The van der Waals surface area contributed by atoms with E-state index in [4.69, 9.17) is 14.2 Å². The Bertz CT molecular complexity index is 1010. The van der Waals surface area contributed by atoms with E-state index >= 15 is 0 Å². The van der Waals surface area contributed by atoms with Gasteiger partial charge >= 0.3 is 18.0 Å². The molecule has 2 aromatic rings. The molecule has 8 heteroatoms. The molecular formula is C25H32N2O6. The summed E-state index contributed by atoms with van der Waals surface area (Å²) in [5.74, 6) is -1.10. The molecule has 8 nitrogen and oxygen atoms in total. The monoisotopic (exact) mass is 456 g/mol. The highest BCUT2D eigenvalue weighted by atomic mass is 16.7. The van der Waals surface area contributed by atoms with Crippen molar-refractivity contribution in [3.8, 4) is 0 Å². The highest BCUT2D eigenvalue weighted by molar-refractivity contribution is 5.85. The number of carbonyl (C=O) groups is 3. The van der Waals surface area contributed by atoms with Gasteiger partial charge in [0.25, 0.3) is 6.29 Å². The predicted molar refractivity (Wildman–Crippen MR) is 126 cm³/mol. The Morgan fingerprint density at radius 2 is 1.61 bits per heavy atom. The average molecular weight is 457 g/mol. The SMILES string of the molecule is CC(=O)OC(OC(C)=O)c1c(C)ccc(NCc2cccc(NC(=O)OC(C)(C)C)c2)c1C. The van der Waals surface area contributed by atoms with Crippen LogP contribution in [0, 0.1) is 13.8 Å². The van der Waals surface area contributed by atoms with Crippen molar-refractivity contribution in [1.29, 1.82) is 0 Å². The zero-order valence-corrected chi connectivity index (χ0v) is 20.2. The van der Waals surface area contributed by atoms with Crippen LogP contribution in [0.1, 0.15) is 63.2 Å². The Kier molecular flexibility index (Phi) is 8.45. The van der Waals surface area contributed by atoms with Gasteiger partial charge in [-0.25, -0.2) is 4.79 Å². The Morgan fingerprint density at radius 1 is 0.970 bits per heavy atom. The summed E-state index contributed by atoms with van der Waals surface area (Å²) in [6, 6.07) is 11.2. The van der Waals surface area contributed by atoms with Crippen molar-refractivity contribution < 1.29 is 28.6 Å². The van der Waals surface area contributed by atoms with Crippen LogP contribution in [0.2, 0.25) is 0 Å². The molecule has 2 N–H and O–H groups in total. The first-order chi connectivity index (χ1) is 15.4. The van der Waals surface area contributed by atoms with Crippen LogP contribution in [0.4, 0.5) is 16.2 Å². The Morgan fingerprint density at radius 3 is 2.18 bits per heavy atom. The zero-order valence-electron chi connectivity index (χ0n) is 20.2. The molecule has 1 amide bonds. The molecule has 0 aromatic heterocycles. The zero-order chi connectivity index (χ0) is 24.8. The summed E-state index contributed by atoms with van der Waals surface area (Å²) in [4.78, 5) is 35.1. The van der Waals surface area contributed by atoms with Crippen molar-refractivity contribution in [2.45, 2.75) is 66.9 Å². The van der Waals surface area contributed by atoms with E-state index in [1.54, 1.807) is 26.8 Å². The molecule has 33 heavy (non-hydrogen) atoms. The number of hydrogen-bond acceptors (Lipinski definition) is 7. The van der Waals surface area contributed by atoms with Gasteiger partial charge in [0.2, 0.25) is 0 Å². The third-order valence-corrected chi connectivity index (χ3v) is 4.57. The summed E-state index contributed by atoms with van der Waals surface area (Å²) in [5, 5.41) is 6.08. The van der Waals surface area contributed by atoms with Gasteiger partial charge in [-0.2, -0.15) is 0 Å². The number of amides is 1. The minimum atomic E-state index is -1.12. The summed E-state index contributed by atoms with van der Waals surface area (Å²) in [6.07, 6.45) is -1.64. The number of esters is 2. The molecular weight excluding hydrogens is 424 g/mol. The first-order valence-electron chi connectivity index (χ1n) is 10.6. The number of carbonyl (C=O) groups excluding carboxylic acids is 3. The largest absolute Gasteiger partial charge is 0.444 e. The molecule has 0 saturated carbocycles. The molecule has 178 valence electrons. The van der Waals surface area contributed by atoms with E-state index in [1.807, 2.05) is 44.2 Å². The van der Waals surface area contributed by atoms with Gasteiger partial charge in [0, 0.05) is 37.3 Å². The van der Waals surface area contributed by atoms with Gasteiger partial charge in [-0.15, -0.1) is 0 Å². The number of anilines is 2. The highest BCUT2D eigenvalue weighted by Gasteiger charge is 2.24. The number of hydrogen-bond donors (Lipinski definition) is 2. The van der Waals surface area contributed by atoms with E-state index in [9.17, 15) is 14.4 Å². The van der Waals surface area contributed by atoms with E-state index in [1.165, 1.54) is 13.8 Å². The van der Waals surface area contributed by atoms with Gasteiger partial charge in [0.15, 0.2) is 0 Å². The minimum Gasteiger partial charge on any atom is -0.444 e. The lowest BCUT2D eigenvalue weighted by Gasteiger charge is -2.23. The average Bonchev–Trinajstić information content (AvgIpc) is 2.65. The van der Waals surface area contributed by atoms with Gasteiger partial charge in [-0.1, -0.05) is 18.2 Å². The number of rotatable bonds is 7. The number of nitrogens with one attached hydrogen (secondary N) is 2. The van der Waals surface area contributed by atoms with Crippen molar-refractivity contribution in [3.63, 3.8) is 0 Å². The van der Waals surface area contributed by atoms with E-state index in [0.717, 1.165) is 22.4 Å². The van der Waals surface area contributed by atoms with Crippen LogP contribution in [-0.2, 0) is 30.3 Å². The second-order valence-corrected chi connectivity index (χ2v) is 8.70. The third kappa shape index (κ3) is 8.14. The molecule has 0 heterocycles. The molecule has 0 unspecified atom stereocenters. The van der Waals surface area contributed by atoms with Crippen LogP contribution in [-0.4, -0.2) is 23.6 Å². The van der Waals surface area contributed by atoms with Crippen molar-refractivity contribution in [2.24, 2.45) is 0 Å². The van der Waals surface area contributed by atoms with Crippen LogP contribution in [0.3, 0.4) is 0 Å². The lowest BCUT2D eigenvalue weighted by atomic mass is 10.00. The maximum Gasteiger partial charge on any atom is 0.412 e. The molecule has 2 rings (SSSR count). The molecule has 0 saturated heterocycles. The third-order valence-electron chi connectivity index (χ3n) is 4.57. The lowest BCUT2D eigenvalue weighted by molar-refractivity contribution is -0.186. The number of benzene rings is 2. The fourth-order valence-electron chi connectivity index (χ4n) is 3.24.